The molecule has 5 nitrogen and oxygen atoms in total. The molecule has 2 aromatic rings. The number of carbonyl (C=O) groups excluding carboxylic acids is 3. The molecular weight excluding hydrogens is 407 g/mol. The Bertz CT molecular complexity index is 1030. The van der Waals surface area contributed by atoms with Crippen LogP contribution in [-0.2, 0) is 14.4 Å². The Labute approximate surface area is 178 Å². The van der Waals surface area contributed by atoms with Gasteiger partial charge in [0, 0.05) is 34.8 Å². The molecule has 0 bridgehead atoms. The van der Waals surface area contributed by atoms with Crippen LogP contribution in [0.15, 0.2) is 59.8 Å². The first kappa shape index (κ1) is 20.3. The van der Waals surface area contributed by atoms with E-state index in [4.69, 9.17) is 11.6 Å². The molecule has 4 rings (SSSR count). The van der Waals surface area contributed by atoms with Crippen molar-refractivity contribution < 1.29 is 18.8 Å². The number of ketones is 1. The van der Waals surface area contributed by atoms with Crippen LogP contribution in [0, 0.1) is 11.7 Å². The third-order valence-corrected chi connectivity index (χ3v) is 5.83. The summed E-state index contributed by atoms with van der Waals surface area (Å²) in [6.45, 7) is 0. The summed E-state index contributed by atoms with van der Waals surface area (Å²) in [7, 11) is 0. The van der Waals surface area contributed by atoms with E-state index in [1.807, 2.05) is 0 Å². The normalized spacial score (nSPS) is 21.1. The molecule has 2 aliphatic rings. The first-order valence-corrected chi connectivity index (χ1v) is 10.1. The third-order valence-electron chi connectivity index (χ3n) is 5.58. The van der Waals surface area contributed by atoms with E-state index in [0.29, 0.717) is 34.8 Å². The van der Waals surface area contributed by atoms with Crippen molar-refractivity contribution in [1.82, 2.24) is 5.32 Å². The lowest BCUT2D eigenvalue weighted by atomic mass is 9.77. The number of carbonyl (C=O) groups is 3. The average Bonchev–Trinajstić information content (AvgIpc) is 2.71. The fourth-order valence-corrected chi connectivity index (χ4v) is 4.14. The van der Waals surface area contributed by atoms with E-state index in [-0.39, 0.29) is 42.2 Å². The van der Waals surface area contributed by atoms with Gasteiger partial charge < -0.3 is 10.6 Å². The molecule has 1 aliphatic heterocycles. The minimum Gasteiger partial charge on any atom is -0.329 e. The second-order valence-corrected chi connectivity index (χ2v) is 8.12. The summed E-state index contributed by atoms with van der Waals surface area (Å²) < 4.78 is 13.2. The predicted molar refractivity (Wildman–Crippen MR) is 111 cm³/mol. The van der Waals surface area contributed by atoms with Crippen LogP contribution >= 0.6 is 11.6 Å². The van der Waals surface area contributed by atoms with Crippen LogP contribution in [0.3, 0.4) is 0 Å². The summed E-state index contributed by atoms with van der Waals surface area (Å²) in [6.07, 6.45) is 1.07. The van der Waals surface area contributed by atoms with Crippen LogP contribution in [0.2, 0.25) is 5.02 Å². The van der Waals surface area contributed by atoms with Crippen molar-refractivity contribution in [3.63, 3.8) is 0 Å². The molecule has 0 saturated heterocycles. The highest BCUT2D eigenvalue weighted by molar-refractivity contribution is 6.30. The van der Waals surface area contributed by atoms with Crippen molar-refractivity contribution >= 4 is 34.9 Å². The maximum absolute atomic E-state index is 13.2. The lowest BCUT2D eigenvalue weighted by molar-refractivity contribution is -0.129. The summed E-state index contributed by atoms with van der Waals surface area (Å²) >= 11 is 5.84. The zero-order valence-corrected chi connectivity index (χ0v) is 16.8. The van der Waals surface area contributed by atoms with Gasteiger partial charge in [0.15, 0.2) is 5.78 Å². The number of benzene rings is 2. The smallest absolute Gasteiger partial charge is 0.228 e. The molecule has 2 N–H and O–H groups in total. The molecule has 0 saturated carbocycles. The second kappa shape index (κ2) is 8.40. The van der Waals surface area contributed by atoms with Crippen molar-refractivity contribution in [2.45, 2.75) is 31.6 Å². The van der Waals surface area contributed by atoms with Gasteiger partial charge in [-0.3, -0.25) is 14.4 Å². The summed E-state index contributed by atoms with van der Waals surface area (Å²) in [5, 5.41) is 6.14. The zero-order valence-electron chi connectivity index (χ0n) is 16.1. The van der Waals surface area contributed by atoms with Crippen LogP contribution in [0.5, 0.6) is 0 Å². The summed E-state index contributed by atoms with van der Waals surface area (Å²) in [5.41, 5.74) is 2.68. The molecule has 1 aliphatic carbocycles. The Morgan fingerprint density at radius 1 is 1.03 bits per heavy atom. The van der Waals surface area contributed by atoms with Gasteiger partial charge in [-0.05, 0) is 60.7 Å². The molecule has 2 atom stereocenters. The number of allylic oxidation sites excluding steroid dienone is 2. The van der Waals surface area contributed by atoms with Crippen LogP contribution in [0.4, 0.5) is 10.1 Å². The highest BCUT2D eigenvalue weighted by Gasteiger charge is 2.37. The number of nitrogens with one attached hydrogen (secondary N) is 2. The molecule has 0 aromatic heterocycles. The van der Waals surface area contributed by atoms with Gasteiger partial charge in [0.2, 0.25) is 11.8 Å². The number of Topliss-reactive ketones (excluding diaryl/α,β-unsaturated/α-hetero) is 1. The zero-order chi connectivity index (χ0) is 21.3. The van der Waals surface area contributed by atoms with Gasteiger partial charge >= 0.3 is 0 Å². The molecule has 0 radical (unpaired) electrons. The quantitative estimate of drug-likeness (QED) is 0.763. The summed E-state index contributed by atoms with van der Waals surface area (Å²) in [6, 6.07) is 12.8. The van der Waals surface area contributed by atoms with E-state index in [9.17, 15) is 18.8 Å². The molecule has 1 heterocycles. The van der Waals surface area contributed by atoms with Gasteiger partial charge in [-0.25, -0.2) is 4.39 Å². The molecular formula is C23H20ClFN2O3. The van der Waals surface area contributed by atoms with Gasteiger partial charge in [-0.1, -0.05) is 23.7 Å². The van der Waals surface area contributed by atoms with Crippen LogP contribution in [0.1, 0.15) is 37.2 Å². The number of halogens is 2. The standard InChI is InChI=1S/C23H20ClFN2O3/c24-16-3-7-18(8-4-16)26-22(29)12-15-9-19-20(27-23(15)30)10-14(11-21(19)28)13-1-5-17(25)6-2-13/h1-8,14-15H,9-12H2,(H,26,29)(H,27,30)/t14-,15+/m0/s1. The van der Waals surface area contributed by atoms with E-state index in [0.717, 1.165) is 5.56 Å². The van der Waals surface area contributed by atoms with E-state index >= 15 is 0 Å². The molecule has 30 heavy (non-hydrogen) atoms. The number of hydrogen-bond acceptors (Lipinski definition) is 3. The maximum Gasteiger partial charge on any atom is 0.228 e. The van der Waals surface area contributed by atoms with E-state index < -0.39 is 5.92 Å². The minimum atomic E-state index is -0.595. The van der Waals surface area contributed by atoms with Gasteiger partial charge in [0.25, 0.3) is 0 Å². The summed E-state index contributed by atoms with van der Waals surface area (Å²) in [4.78, 5) is 37.7. The maximum atomic E-state index is 13.2. The van der Waals surface area contributed by atoms with Crippen molar-refractivity contribution in [2.24, 2.45) is 5.92 Å². The van der Waals surface area contributed by atoms with Gasteiger partial charge in [0.1, 0.15) is 5.82 Å². The lowest BCUT2D eigenvalue weighted by Gasteiger charge is -2.33. The number of hydrogen-bond donors (Lipinski definition) is 2. The van der Waals surface area contributed by atoms with Gasteiger partial charge in [-0.2, -0.15) is 0 Å². The van der Waals surface area contributed by atoms with Crippen molar-refractivity contribution in [3.8, 4) is 0 Å². The molecule has 0 spiro atoms. The Morgan fingerprint density at radius 2 is 1.73 bits per heavy atom. The molecule has 154 valence electrons. The van der Waals surface area contributed by atoms with Crippen LogP contribution in [0.25, 0.3) is 0 Å². The molecule has 2 amide bonds. The fourth-order valence-electron chi connectivity index (χ4n) is 4.01. The SMILES string of the molecule is O=C(C[C@H]1CC2=C(C[C@H](c3ccc(F)cc3)CC2=O)NC1=O)Nc1ccc(Cl)cc1. The monoisotopic (exact) mass is 426 g/mol. The first-order chi connectivity index (χ1) is 14.4. The molecule has 2 aromatic carbocycles. The third kappa shape index (κ3) is 4.44. The molecule has 0 fully saturated rings. The Kier molecular flexibility index (Phi) is 5.68. The number of rotatable bonds is 4. The molecule has 7 heteroatoms. The number of amides is 2. The first-order valence-electron chi connectivity index (χ1n) is 9.76. The Hall–Kier alpha value is -2.99. The van der Waals surface area contributed by atoms with Crippen molar-refractivity contribution in [3.05, 3.63) is 76.2 Å². The second-order valence-electron chi connectivity index (χ2n) is 7.69. The van der Waals surface area contributed by atoms with Gasteiger partial charge in [-0.15, -0.1) is 0 Å². The minimum absolute atomic E-state index is 0.0140. The number of anilines is 1. The van der Waals surface area contributed by atoms with Gasteiger partial charge in [0.05, 0.1) is 5.92 Å². The largest absolute Gasteiger partial charge is 0.329 e. The highest BCUT2D eigenvalue weighted by Crippen LogP contribution is 2.38. The van der Waals surface area contributed by atoms with E-state index in [1.54, 1.807) is 36.4 Å². The van der Waals surface area contributed by atoms with Crippen LogP contribution < -0.4 is 10.6 Å². The fraction of sp³-hybridized carbons (Fsp3) is 0.261. The van der Waals surface area contributed by atoms with E-state index in [1.165, 1.54) is 12.1 Å². The average molecular weight is 427 g/mol. The highest BCUT2D eigenvalue weighted by atomic mass is 35.5. The Morgan fingerprint density at radius 3 is 2.43 bits per heavy atom. The lowest BCUT2D eigenvalue weighted by Crippen LogP contribution is -2.41. The Balaban J connectivity index is 1.43. The summed E-state index contributed by atoms with van der Waals surface area (Å²) in [5.74, 6) is -1.61. The van der Waals surface area contributed by atoms with Crippen molar-refractivity contribution in [1.29, 1.82) is 0 Å². The molecule has 0 unspecified atom stereocenters. The van der Waals surface area contributed by atoms with Crippen LogP contribution in [-0.4, -0.2) is 17.6 Å². The predicted octanol–water partition coefficient (Wildman–Crippen LogP) is 4.34. The topological polar surface area (TPSA) is 75.3 Å². The van der Waals surface area contributed by atoms with Crippen molar-refractivity contribution in [2.75, 3.05) is 5.32 Å². The van der Waals surface area contributed by atoms with E-state index in [2.05, 4.69) is 10.6 Å².